The summed E-state index contributed by atoms with van der Waals surface area (Å²) in [5.74, 6) is -1.75. The van der Waals surface area contributed by atoms with Gasteiger partial charge in [0.15, 0.2) is 0 Å². The predicted octanol–water partition coefficient (Wildman–Crippen LogP) is 1.32. The number of carbonyl (C=O) groups excluding carboxylic acids is 2. The first-order valence-corrected chi connectivity index (χ1v) is 7.37. The lowest BCUT2D eigenvalue weighted by Gasteiger charge is -2.28. The Morgan fingerprint density at radius 3 is 2.29 bits per heavy atom. The molecule has 0 aromatic rings. The molecule has 0 spiro atoms. The highest BCUT2D eigenvalue weighted by Crippen LogP contribution is 2.06. The summed E-state index contributed by atoms with van der Waals surface area (Å²) in [6.45, 7) is 6.42. The van der Waals surface area contributed by atoms with E-state index in [4.69, 9.17) is 10.8 Å². The van der Waals surface area contributed by atoms with Gasteiger partial charge in [0.25, 0.3) is 0 Å². The van der Waals surface area contributed by atoms with Crippen LogP contribution in [-0.4, -0.2) is 46.5 Å². The number of carbonyl (C=O) groups is 3. The smallest absolute Gasteiger partial charge is 0.326 e. The molecule has 0 aromatic heterocycles. The summed E-state index contributed by atoms with van der Waals surface area (Å²) < 4.78 is 0. The van der Waals surface area contributed by atoms with Crippen LogP contribution in [0.2, 0.25) is 0 Å². The molecule has 0 aliphatic carbocycles. The molecule has 0 aromatic carbocycles. The maximum Gasteiger partial charge on any atom is 0.326 e. The molecule has 0 aliphatic rings. The number of urea groups is 1. The third kappa shape index (κ3) is 8.16. The second-order valence-electron chi connectivity index (χ2n) is 5.34. The Bertz CT molecular complexity index is 358. The van der Waals surface area contributed by atoms with Crippen LogP contribution < -0.4 is 11.1 Å². The van der Waals surface area contributed by atoms with Crippen molar-refractivity contribution in [3.63, 3.8) is 0 Å². The Balaban J connectivity index is 4.59. The van der Waals surface area contributed by atoms with Crippen molar-refractivity contribution in [2.75, 3.05) is 6.54 Å². The molecule has 0 fully saturated rings. The molecule has 4 N–H and O–H groups in total. The number of hydrogen-bond acceptors (Lipinski definition) is 3. The maximum atomic E-state index is 12.2. The Morgan fingerprint density at radius 1 is 1.24 bits per heavy atom. The summed E-state index contributed by atoms with van der Waals surface area (Å²) in [5, 5.41) is 11.5. The van der Waals surface area contributed by atoms with Gasteiger partial charge in [0.1, 0.15) is 6.04 Å². The van der Waals surface area contributed by atoms with E-state index in [2.05, 4.69) is 12.2 Å². The molecule has 0 rings (SSSR count). The number of amides is 3. The van der Waals surface area contributed by atoms with Crippen molar-refractivity contribution in [1.82, 2.24) is 10.2 Å². The van der Waals surface area contributed by atoms with Crippen molar-refractivity contribution in [1.29, 1.82) is 0 Å². The number of nitrogens with one attached hydrogen (secondary N) is 1. The largest absolute Gasteiger partial charge is 0.480 e. The molecule has 0 saturated heterocycles. The van der Waals surface area contributed by atoms with E-state index in [1.165, 1.54) is 0 Å². The quantitative estimate of drug-likeness (QED) is 0.528. The summed E-state index contributed by atoms with van der Waals surface area (Å²) >= 11 is 0. The topological polar surface area (TPSA) is 113 Å². The van der Waals surface area contributed by atoms with Crippen molar-refractivity contribution in [3.05, 3.63) is 0 Å². The minimum absolute atomic E-state index is 0.00268. The standard InChI is InChI=1S/C14H27N3O4/c1-4-5-6-9-17(10(2)3)14(21)16-11(13(19)20)7-8-12(15)18/h10-11H,4-9H2,1-3H3,(H2,15,18)(H,16,21)(H,19,20). The lowest BCUT2D eigenvalue weighted by atomic mass is 10.1. The minimum Gasteiger partial charge on any atom is -0.480 e. The molecule has 0 radical (unpaired) electrons. The van der Waals surface area contributed by atoms with Gasteiger partial charge in [-0.05, 0) is 26.7 Å². The van der Waals surface area contributed by atoms with Gasteiger partial charge < -0.3 is 21.1 Å². The van der Waals surface area contributed by atoms with E-state index >= 15 is 0 Å². The van der Waals surface area contributed by atoms with Crippen LogP contribution >= 0.6 is 0 Å². The number of rotatable bonds is 10. The Labute approximate surface area is 125 Å². The van der Waals surface area contributed by atoms with E-state index in [9.17, 15) is 14.4 Å². The van der Waals surface area contributed by atoms with Crippen LogP contribution in [0.5, 0.6) is 0 Å². The Kier molecular flexibility index (Phi) is 9.16. The van der Waals surface area contributed by atoms with Crippen molar-refractivity contribution in [2.24, 2.45) is 5.73 Å². The second-order valence-corrected chi connectivity index (χ2v) is 5.34. The molecule has 1 unspecified atom stereocenters. The SMILES string of the molecule is CCCCCN(C(=O)NC(CCC(N)=O)C(=O)O)C(C)C. The molecule has 0 saturated carbocycles. The lowest BCUT2D eigenvalue weighted by Crippen LogP contribution is -2.50. The molecule has 122 valence electrons. The highest BCUT2D eigenvalue weighted by atomic mass is 16.4. The molecule has 21 heavy (non-hydrogen) atoms. The molecule has 7 heteroatoms. The van der Waals surface area contributed by atoms with Crippen LogP contribution in [0, 0.1) is 0 Å². The molecule has 1 atom stereocenters. The summed E-state index contributed by atoms with van der Waals surface area (Å²) in [6, 6.07) is -1.54. The first kappa shape index (κ1) is 19.2. The number of carboxylic acid groups (broad SMARTS) is 1. The highest BCUT2D eigenvalue weighted by molar-refractivity contribution is 5.83. The summed E-state index contributed by atoms with van der Waals surface area (Å²) in [6.07, 6.45) is 2.86. The van der Waals surface area contributed by atoms with Gasteiger partial charge >= 0.3 is 12.0 Å². The fourth-order valence-electron chi connectivity index (χ4n) is 1.90. The van der Waals surface area contributed by atoms with E-state index in [1.807, 2.05) is 13.8 Å². The van der Waals surface area contributed by atoms with Gasteiger partial charge in [0.05, 0.1) is 0 Å². The molecule has 0 bridgehead atoms. The van der Waals surface area contributed by atoms with Gasteiger partial charge in [0.2, 0.25) is 5.91 Å². The van der Waals surface area contributed by atoms with Crippen molar-refractivity contribution in [3.8, 4) is 0 Å². The molecule has 3 amide bonds. The van der Waals surface area contributed by atoms with E-state index in [0.717, 1.165) is 19.3 Å². The average Bonchev–Trinajstić information content (AvgIpc) is 2.38. The molecule has 7 nitrogen and oxygen atoms in total. The van der Waals surface area contributed by atoms with E-state index in [1.54, 1.807) is 4.90 Å². The van der Waals surface area contributed by atoms with Crippen molar-refractivity contribution >= 4 is 17.9 Å². The van der Waals surface area contributed by atoms with E-state index in [0.29, 0.717) is 6.54 Å². The van der Waals surface area contributed by atoms with E-state index in [-0.39, 0.29) is 18.9 Å². The van der Waals surface area contributed by atoms with Crippen LogP contribution in [0.3, 0.4) is 0 Å². The lowest BCUT2D eigenvalue weighted by molar-refractivity contribution is -0.139. The summed E-state index contributed by atoms with van der Waals surface area (Å²) in [4.78, 5) is 35.6. The number of aliphatic carboxylic acids is 1. The van der Waals surface area contributed by atoms with Gasteiger partial charge in [-0.2, -0.15) is 0 Å². The molecule has 0 heterocycles. The van der Waals surface area contributed by atoms with Crippen LogP contribution in [0.1, 0.15) is 52.9 Å². The van der Waals surface area contributed by atoms with Gasteiger partial charge in [-0.15, -0.1) is 0 Å². The number of unbranched alkanes of at least 4 members (excludes halogenated alkanes) is 2. The van der Waals surface area contributed by atoms with Crippen LogP contribution in [0.15, 0.2) is 0 Å². The number of hydrogen-bond donors (Lipinski definition) is 3. The Hall–Kier alpha value is -1.79. The highest BCUT2D eigenvalue weighted by Gasteiger charge is 2.24. The molecular formula is C14H27N3O4. The van der Waals surface area contributed by atoms with Gasteiger partial charge in [0, 0.05) is 19.0 Å². The van der Waals surface area contributed by atoms with Gasteiger partial charge in [-0.25, -0.2) is 9.59 Å². The average molecular weight is 301 g/mol. The third-order valence-corrected chi connectivity index (χ3v) is 3.16. The fraction of sp³-hybridized carbons (Fsp3) is 0.786. The second kappa shape index (κ2) is 10.0. The zero-order valence-electron chi connectivity index (χ0n) is 13.1. The first-order chi connectivity index (χ1) is 9.79. The predicted molar refractivity (Wildman–Crippen MR) is 79.8 cm³/mol. The fourth-order valence-corrected chi connectivity index (χ4v) is 1.90. The Morgan fingerprint density at radius 2 is 1.86 bits per heavy atom. The van der Waals surface area contributed by atoms with Crippen LogP contribution in [0.4, 0.5) is 4.79 Å². The number of nitrogens with two attached hydrogens (primary N) is 1. The first-order valence-electron chi connectivity index (χ1n) is 7.37. The van der Waals surface area contributed by atoms with Crippen molar-refractivity contribution < 1.29 is 19.5 Å². The third-order valence-electron chi connectivity index (χ3n) is 3.16. The van der Waals surface area contributed by atoms with Crippen LogP contribution in [0.25, 0.3) is 0 Å². The zero-order chi connectivity index (χ0) is 16.4. The van der Waals surface area contributed by atoms with Gasteiger partial charge in [-0.3, -0.25) is 4.79 Å². The van der Waals surface area contributed by atoms with E-state index < -0.39 is 23.9 Å². The normalized spacial score (nSPS) is 12.0. The summed E-state index contributed by atoms with van der Waals surface area (Å²) in [7, 11) is 0. The monoisotopic (exact) mass is 301 g/mol. The van der Waals surface area contributed by atoms with Gasteiger partial charge in [-0.1, -0.05) is 19.8 Å². The zero-order valence-corrected chi connectivity index (χ0v) is 13.1. The summed E-state index contributed by atoms with van der Waals surface area (Å²) in [5.41, 5.74) is 5.01. The molecule has 0 aliphatic heterocycles. The molecular weight excluding hydrogens is 274 g/mol. The number of primary amides is 1. The van der Waals surface area contributed by atoms with Crippen LogP contribution in [-0.2, 0) is 9.59 Å². The number of carboxylic acids is 1. The number of nitrogens with zero attached hydrogens (tertiary/aromatic N) is 1. The van der Waals surface area contributed by atoms with Crippen molar-refractivity contribution in [2.45, 2.75) is 65.0 Å². The maximum absolute atomic E-state index is 12.2. The minimum atomic E-state index is -1.16.